The maximum Gasteiger partial charge on any atom is 0.228 e. The number of nitrogens with zero attached hydrogens (tertiary/aromatic N) is 3. The molecule has 0 radical (unpaired) electrons. The van der Waals surface area contributed by atoms with Gasteiger partial charge in [0.1, 0.15) is 5.82 Å². The quantitative estimate of drug-likeness (QED) is 0.843. The molecule has 3 rings (SSSR count). The molecule has 0 spiro atoms. The lowest BCUT2D eigenvalue weighted by Crippen LogP contribution is -2.27. The highest BCUT2D eigenvalue weighted by atomic mass is 32.2. The molecule has 7 heteroatoms. The van der Waals surface area contributed by atoms with E-state index in [0.717, 1.165) is 5.82 Å². The van der Waals surface area contributed by atoms with Gasteiger partial charge in [-0.15, -0.1) is 11.3 Å². The van der Waals surface area contributed by atoms with E-state index in [9.17, 15) is 9.59 Å². The molecule has 0 aliphatic carbocycles. The van der Waals surface area contributed by atoms with Gasteiger partial charge in [0.2, 0.25) is 5.91 Å². The molecule has 1 amide bonds. The highest BCUT2D eigenvalue weighted by Gasteiger charge is 2.32. The van der Waals surface area contributed by atoms with Gasteiger partial charge in [-0.25, -0.2) is 4.68 Å². The minimum absolute atomic E-state index is 0.105. The van der Waals surface area contributed by atoms with Crippen molar-refractivity contribution in [3.8, 4) is 0 Å². The molecule has 0 aromatic carbocycles. The Hall–Kier alpha value is -1.60. The third kappa shape index (κ3) is 3.41. The fourth-order valence-corrected chi connectivity index (χ4v) is 3.96. The van der Waals surface area contributed by atoms with Gasteiger partial charge in [-0.3, -0.25) is 14.5 Å². The molecule has 0 N–H and O–H groups in total. The molecule has 1 aliphatic heterocycles. The summed E-state index contributed by atoms with van der Waals surface area (Å²) in [7, 11) is 0. The maximum atomic E-state index is 12.3. The summed E-state index contributed by atoms with van der Waals surface area (Å²) in [6.07, 6.45) is 2.23. The molecular formula is C15H17N3O2S2. The number of amides is 1. The van der Waals surface area contributed by atoms with Crippen LogP contribution >= 0.6 is 23.1 Å². The van der Waals surface area contributed by atoms with Crippen LogP contribution in [0.25, 0.3) is 0 Å². The summed E-state index contributed by atoms with van der Waals surface area (Å²) < 4.78 is 1.87. The molecule has 2 aromatic rings. The average Bonchev–Trinajstić information content (AvgIpc) is 3.18. The first-order valence-electron chi connectivity index (χ1n) is 7.11. The number of thiophene rings is 1. The summed E-state index contributed by atoms with van der Waals surface area (Å²) >= 11 is 2.98. The van der Waals surface area contributed by atoms with E-state index in [1.807, 2.05) is 22.2 Å². The van der Waals surface area contributed by atoms with Crippen molar-refractivity contribution in [3.05, 3.63) is 34.7 Å². The fourth-order valence-electron chi connectivity index (χ4n) is 2.58. The van der Waals surface area contributed by atoms with Crippen LogP contribution in [0.15, 0.2) is 29.8 Å². The summed E-state index contributed by atoms with van der Waals surface area (Å²) in [6.45, 7) is 2.90. The number of carbonyl (C=O) groups is 2. The average molecular weight is 335 g/mol. The van der Waals surface area contributed by atoms with Crippen LogP contribution in [0.2, 0.25) is 0 Å². The molecule has 0 saturated carbocycles. The van der Waals surface area contributed by atoms with Gasteiger partial charge < -0.3 is 0 Å². The number of hydrogen-bond acceptors (Lipinski definition) is 5. The lowest BCUT2D eigenvalue weighted by Gasteiger charge is -2.17. The van der Waals surface area contributed by atoms with E-state index in [4.69, 9.17) is 0 Å². The van der Waals surface area contributed by atoms with Gasteiger partial charge in [-0.1, -0.05) is 17.8 Å². The Labute approximate surface area is 137 Å². The molecule has 5 nitrogen and oxygen atoms in total. The van der Waals surface area contributed by atoms with Crippen LogP contribution in [0, 0.1) is 5.92 Å². The van der Waals surface area contributed by atoms with Crippen molar-refractivity contribution in [1.82, 2.24) is 9.78 Å². The van der Waals surface area contributed by atoms with E-state index in [1.165, 1.54) is 16.6 Å². The van der Waals surface area contributed by atoms with Crippen LogP contribution < -0.4 is 4.90 Å². The van der Waals surface area contributed by atoms with Crippen molar-refractivity contribution in [2.24, 2.45) is 5.92 Å². The second kappa shape index (κ2) is 6.66. The second-order valence-corrected chi connectivity index (χ2v) is 7.53. The lowest BCUT2D eigenvalue weighted by molar-refractivity contribution is -0.117. The predicted octanol–water partition coefficient (Wildman–Crippen LogP) is 2.63. The number of carbonyl (C=O) groups excluding carboxylic acids is 2. The van der Waals surface area contributed by atoms with Crippen molar-refractivity contribution >= 4 is 39.9 Å². The molecule has 3 heterocycles. The highest BCUT2D eigenvalue weighted by Crippen LogP contribution is 2.28. The Morgan fingerprint density at radius 3 is 3.09 bits per heavy atom. The summed E-state index contributed by atoms with van der Waals surface area (Å²) in [5.41, 5.74) is 0. The summed E-state index contributed by atoms with van der Waals surface area (Å²) in [5, 5.41) is 6.48. The summed E-state index contributed by atoms with van der Waals surface area (Å²) in [4.78, 5) is 26.4. The van der Waals surface area contributed by atoms with E-state index in [2.05, 4.69) is 11.2 Å². The molecule has 1 fully saturated rings. The number of anilines is 1. The molecule has 0 bridgehead atoms. The first kappa shape index (κ1) is 15.3. The molecule has 1 atom stereocenters. The zero-order valence-electron chi connectivity index (χ0n) is 12.3. The Morgan fingerprint density at radius 1 is 1.50 bits per heavy atom. The molecule has 1 aliphatic rings. The summed E-state index contributed by atoms with van der Waals surface area (Å²) in [6, 6.07) is 5.96. The minimum atomic E-state index is 0.105. The SMILES string of the molecule is CC(=O)SCC1CC(=O)N(c2ccnn2Cc2cccs2)C1. The molecule has 22 heavy (non-hydrogen) atoms. The van der Waals surface area contributed by atoms with E-state index >= 15 is 0 Å². The van der Waals surface area contributed by atoms with E-state index in [0.29, 0.717) is 25.3 Å². The standard InChI is InChI=1S/C15H17N3O2S2/c1-11(19)22-10-12-7-15(20)17(8-12)14-4-5-16-18(14)9-13-3-2-6-21-13/h2-6,12H,7-10H2,1H3. The van der Waals surface area contributed by atoms with E-state index in [1.54, 1.807) is 29.4 Å². The Morgan fingerprint density at radius 2 is 2.36 bits per heavy atom. The van der Waals surface area contributed by atoms with Gasteiger partial charge in [0.05, 0.1) is 12.7 Å². The fraction of sp³-hybridized carbons (Fsp3) is 0.400. The lowest BCUT2D eigenvalue weighted by atomic mass is 10.1. The zero-order chi connectivity index (χ0) is 15.5. The van der Waals surface area contributed by atoms with Crippen molar-refractivity contribution < 1.29 is 9.59 Å². The predicted molar refractivity (Wildman–Crippen MR) is 89.2 cm³/mol. The topological polar surface area (TPSA) is 55.2 Å². The van der Waals surface area contributed by atoms with Gasteiger partial charge in [-0.05, 0) is 17.4 Å². The second-order valence-electron chi connectivity index (χ2n) is 5.30. The van der Waals surface area contributed by atoms with Gasteiger partial charge >= 0.3 is 0 Å². The van der Waals surface area contributed by atoms with Crippen molar-refractivity contribution in [3.63, 3.8) is 0 Å². The van der Waals surface area contributed by atoms with Crippen LogP contribution in [0.1, 0.15) is 18.2 Å². The zero-order valence-corrected chi connectivity index (χ0v) is 13.9. The van der Waals surface area contributed by atoms with Gasteiger partial charge in [0.15, 0.2) is 5.12 Å². The minimum Gasteiger partial charge on any atom is -0.297 e. The van der Waals surface area contributed by atoms with Gasteiger partial charge in [-0.2, -0.15) is 5.10 Å². The van der Waals surface area contributed by atoms with Crippen LogP contribution in [0.3, 0.4) is 0 Å². The Balaban J connectivity index is 1.70. The molecular weight excluding hydrogens is 318 g/mol. The van der Waals surface area contributed by atoms with Crippen LogP contribution in [0.4, 0.5) is 5.82 Å². The van der Waals surface area contributed by atoms with Gasteiger partial charge in [0.25, 0.3) is 0 Å². The van der Waals surface area contributed by atoms with Crippen LogP contribution in [0.5, 0.6) is 0 Å². The maximum absolute atomic E-state index is 12.3. The third-order valence-electron chi connectivity index (χ3n) is 3.58. The first-order valence-corrected chi connectivity index (χ1v) is 8.98. The van der Waals surface area contributed by atoms with Crippen LogP contribution in [-0.2, 0) is 16.1 Å². The van der Waals surface area contributed by atoms with Crippen LogP contribution in [-0.4, -0.2) is 33.1 Å². The number of hydrogen-bond donors (Lipinski definition) is 0. The van der Waals surface area contributed by atoms with Crippen molar-refractivity contribution in [2.45, 2.75) is 19.9 Å². The van der Waals surface area contributed by atoms with Crippen molar-refractivity contribution in [2.75, 3.05) is 17.2 Å². The number of rotatable bonds is 5. The smallest absolute Gasteiger partial charge is 0.228 e. The summed E-state index contributed by atoms with van der Waals surface area (Å²) in [5.74, 6) is 1.89. The number of thioether (sulfide) groups is 1. The molecule has 2 aromatic heterocycles. The molecule has 116 valence electrons. The number of aromatic nitrogens is 2. The van der Waals surface area contributed by atoms with E-state index in [-0.39, 0.29) is 16.9 Å². The Kier molecular flexibility index (Phi) is 4.63. The normalized spacial score (nSPS) is 18.1. The largest absolute Gasteiger partial charge is 0.297 e. The highest BCUT2D eigenvalue weighted by molar-refractivity contribution is 8.13. The first-order chi connectivity index (χ1) is 10.6. The monoisotopic (exact) mass is 335 g/mol. The van der Waals surface area contributed by atoms with E-state index < -0.39 is 0 Å². The molecule has 1 unspecified atom stereocenters. The van der Waals surface area contributed by atoms with Gasteiger partial charge in [0, 0.05) is 36.6 Å². The molecule has 1 saturated heterocycles. The third-order valence-corrected chi connectivity index (χ3v) is 5.49. The Bertz CT molecular complexity index is 666. The van der Waals surface area contributed by atoms with Crippen molar-refractivity contribution in [1.29, 1.82) is 0 Å².